The minimum Gasteiger partial charge on any atom is -0.397 e. The molecule has 2 heterocycles. The van der Waals surface area contributed by atoms with E-state index in [9.17, 15) is 0 Å². The smallest absolute Gasteiger partial charge is 0.0693 e. The van der Waals surface area contributed by atoms with Crippen LogP contribution in [0, 0.1) is 0 Å². The normalized spacial score (nSPS) is 18.0. The maximum Gasteiger partial charge on any atom is 0.0693 e. The number of piperidine rings is 1. The van der Waals surface area contributed by atoms with Gasteiger partial charge in [-0.25, -0.2) is 5.01 Å². The van der Waals surface area contributed by atoms with Gasteiger partial charge in [0.25, 0.3) is 0 Å². The van der Waals surface area contributed by atoms with Gasteiger partial charge in [-0.05, 0) is 18.9 Å². The first-order valence-electron chi connectivity index (χ1n) is 5.07. The van der Waals surface area contributed by atoms with Crippen molar-refractivity contribution in [2.24, 2.45) is 0 Å². The Kier molecular flexibility index (Phi) is 2.84. The highest BCUT2D eigenvalue weighted by molar-refractivity contribution is 5.50. The molecule has 14 heavy (non-hydrogen) atoms. The lowest BCUT2D eigenvalue weighted by atomic mass is 10.2. The van der Waals surface area contributed by atoms with Gasteiger partial charge in [0.2, 0.25) is 0 Å². The Bertz CT molecular complexity index is 294. The SMILES string of the molecule is Nc1cncc(NN2CCCCC2)c1. The largest absolute Gasteiger partial charge is 0.397 e. The van der Waals surface area contributed by atoms with Crippen LogP contribution in [-0.4, -0.2) is 23.1 Å². The van der Waals surface area contributed by atoms with Crippen molar-refractivity contribution in [2.75, 3.05) is 24.2 Å². The first-order chi connectivity index (χ1) is 6.84. The molecule has 76 valence electrons. The summed E-state index contributed by atoms with van der Waals surface area (Å²) in [6.07, 6.45) is 7.32. The Balaban J connectivity index is 1.95. The summed E-state index contributed by atoms with van der Waals surface area (Å²) in [5.41, 5.74) is 10.6. The van der Waals surface area contributed by atoms with Crippen LogP contribution in [0.25, 0.3) is 0 Å². The lowest BCUT2D eigenvalue weighted by Crippen LogP contribution is -2.34. The van der Waals surface area contributed by atoms with Crippen molar-refractivity contribution in [2.45, 2.75) is 19.3 Å². The number of aromatic nitrogens is 1. The molecular weight excluding hydrogens is 176 g/mol. The second-order valence-electron chi connectivity index (χ2n) is 3.67. The van der Waals surface area contributed by atoms with E-state index in [1.807, 2.05) is 6.07 Å². The number of hydrogen-bond donors (Lipinski definition) is 2. The van der Waals surface area contributed by atoms with Crippen molar-refractivity contribution in [1.29, 1.82) is 0 Å². The number of nitrogens with one attached hydrogen (secondary N) is 1. The van der Waals surface area contributed by atoms with Gasteiger partial charge >= 0.3 is 0 Å². The van der Waals surface area contributed by atoms with E-state index in [0.717, 1.165) is 18.8 Å². The molecule has 0 aromatic carbocycles. The molecule has 0 radical (unpaired) electrons. The third-order valence-electron chi connectivity index (χ3n) is 2.40. The minimum atomic E-state index is 0.701. The molecule has 1 aliphatic rings. The molecule has 0 amide bonds. The maximum absolute atomic E-state index is 5.64. The van der Waals surface area contributed by atoms with Crippen molar-refractivity contribution in [3.05, 3.63) is 18.5 Å². The summed E-state index contributed by atoms with van der Waals surface area (Å²) in [6, 6.07) is 1.90. The molecule has 1 aliphatic heterocycles. The molecule has 1 aromatic heterocycles. The van der Waals surface area contributed by atoms with Crippen molar-refractivity contribution in [3.8, 4) is 0 Å². The van der Waals surface area contributed by atoms with Gasteiger partial charge < -0.3 is 11.2 Å². The molecule has 2 rings (SSSR count). The average molecular weight is 192 g/mol. The van der Waals surface area contributed by atoms with Crippen LogP contribution in [0.4, 0.5) is 11.4 Å². The highest BCUT2D eigenvalue weighted by atomic mass is 15.5. The summed E-state index contributed by atoms with van der Waals surface area (Å²) < 4.78 is 0. The predicted octanol–water partition coefficient (Wildman–Crippen LogP) is 1.48. The lowest BCUT2D eigenvalue weighted by Gasteiger charge is -2.27. The molecule has 0 unspecified atom stereocenters. The van der Waals surface area contributed by atoms with Gasteiger partial charge in [0, 0.05) is 19.3 Å². The topological polar surface area (TPSA) is 54.2 Å². The van der Waals surface area contributed by atoms with Gasteiger partial charge in [-0.2, -0.15) is 0 Å². The van der Waals surface area contributed by atoms with Gasteiger partial charge in [0.15, 0.2) is 0 Å². The summed E-state index contributed by atoms with van der Waals surface area (Å²) >= 11 is 0. The Morgan fingerprint density at radius 3 is 2.71 bits per heavy atom. The molecule has 4 nitrogen and oxygen atoms in total. The summed E-state index contributed by atoms with van der Waals surface area (Å²) in [4.78, 5) is 4.04. The van der Waals surface area contributed by atoms with Crippen LogP contribution in [0.5, 0.6) is 0 Å². The number of nitrogen functional groups attached to an aromatic ring is 1. The Labute approximate surface area is 84.1 Å². The van der Waals surface area contributed by atoms with E-state index >= 15 is 0 Å². The number of anilines is 2. The maximum atomic E-state index is 5.64. The molecular formula is C10H16N4. The third-order valence-corrected chi connectivity index (χ3v) is 2.40. The second kappa shape index (κ2) is 4.28. The van der Waals surface area contributed by atoms with E-state index in [1.165, 1.54) is 19.3 Å². The first-order valence-corrected chi connectivity index (χ1v) is 5.07. The van der Waals surface area contributed by atoms with Crippen LogP contribution in [-0.2, 0) is 0 Å². The van der Waals surface area contributed by atoms with E-state index in [1.54, 1.807) is 12.4 Å². The van der Waals surface area contributed by atoms with Crippen LogP contribution in [0.3, 0.4) is 0 Å². The number of hydrogen-bond acceptors (Lipinski definition) is 4. The molecule has 0 atom stereocenters. The van der Waals surface area contributed by atoms with E-state index in [4.69, 9.17) is 5.73 Å². The lowest BCUT2D eigenvalue weighted by molar-refractivity contribution is 0.273. The molecule has 4 heteroatoms. The quantitative estimate of drug-likeness (QED) is 0.745. The van der Waals surface area contributed by atoms with Gasteiger partial charge in [0.05, 0.1) is 17.6 Å². The van der Waals surface area contributed by atoms with Crippen LogP contribution >= 0.6 is 0 Å². The van der Waals surface area contributed by atoms with E-state index in [2.05, 4.69) is 15.4 Å². The Hall–Kier alpha value is -1.29. The molecule has 1 fully saturated rings. The fraction of sp³-hybridized carbons (Fsp3) is 0.500. The molecule has 1 aromatic rings. The fourth-order valence-electron chi connectivity index (χ4n) is 1.71. The minimum absolute atomic E-state index is 0.701. The number of nitrogens with two attached hydrogens (primary N) is 1. The first kappa shape index (κ1) is 9.27. The predicted molar refractivity (Wildman–Crippen MR) is 57.7 cm³/mol. The highest BCUT2D eigenvalue weighted by Gasteiger charge is 2.09. The van der Waals surface area contributed by atoms with Gasteiger partial charge in [0.1, 0.15) is 0 Å². The second-order valence-corrected chi connectivity index (χ2v) is 3.67. The van der Waals surface area contributed by atoms with Crippen molar-refractivity contribution >= 4 is 11.4 Å². The molecule has 1 saturated heterocycles. The molecule has 0 aliphatic carbocycles. The monoisotopic (exact) mass is 192 g/mol. The van der Waals surface area contributed by atoms with E-state index in [0.29, 0.717) is 5.69 Å². The number of rotatable bonds is 2. The Morgan fingerprint density at radius 1 is 1.21 bits per heavy atom. The summed E-state index contributed by atoms with van der Waals surface area (Å²) in [6.45, 7) is 2.21. The molecule has 0 spiro atoms. The standard InChI is InChI=1S/C10H16N4/c11-9-6-10(8-12-7-9)13-14-4-2-1-3-5-14/h6-8,13H,1-5,11H2. The van der Waals surface area contributed by atoms with Gasteiger partial charge in [-0.15, -0.1) is 0 Å². The molecule has 3 N–H and O–H groups in total. The summed E-state index contributed by atoms with van der Waals surface area (Å²) in [5.74, 6) is 0. The van der Waals surface area contributed by atoms with Crippen molar-refractivity contribution < 1.29 is 0 Å². The van der Waals surface area contributed by atoms with Crippen molar-refractivity contribution in [3.63, 3.8) is 0 Å². The number of nitrogens with zero attached hydrogens (tertiary/aromatic N) is 2. The van der Waals surface area contributed by atoms with E-state index in [-0.39, 0.29) is 0 Å². The summed E-state index contributed by atoms with van der Waals surface area (Å²) in [5, 5.41) is 2.22. The fourth-order valence-corrected chi connectivity index (χ4v) is 1.71. The van der Waals surface area contributed by atoms with Crippen LogP contribution < -0.4 is 11.2 Å². The average Bonchev–Trinajstić information content (AvgIpc) is 2.19. The zero-order valence-electron chi connectivity index (χ0n) is 8.24. The van der Waals surface area contributed by atoms with Gasteiger partial charge in [-0.1, -0.05) is 6.42 Å². The Morgan fingerprint density at radius 2 is 2.00 bits per heavy atom. The molecule has 0 saturated carbocycles. The third kappa shape index (κ3) is 2.35. The van der Waals surface area contributed by atoms with Crippen LogP contribution in [0.1, 0.15) is 19.3 Å². The zero-order valence-corrected chi connectivity index (χ0v) is 8.24. The molecule has 0 bridgehead atoms. The number of pyridine rings is 1. The van der Waals surface area contributed by atoms with Gasteiger partial charge in [-0.3, -0.25) is 4.98 Å². The van der Waals surface area contributed by atoms with Crippen molar-refractivity contribution in [1.82, 2.24) is 9.99 Å². The number of hydrazine groups is 1. The van der Waals surface area contributed by atoms with Crippen LogP contribution in [0.15, 0.2) is 18.5 Å². The summed E-state index contributed by atoms with van der Waals surface area (Å²) in [7, 11) is 0. The van der Waals surface area contributed by atoms with Crippen LogP contribution in [0.2, 0.25) is 0 Å². The van der Waals surface area contributed by atoms with E-state index < -0.39 is 0 Å². The zero-order chi connectivity index (χ0) is 9.80. The highest BCUT2D eigenvalue weighted by Crippen LogP contribution is 2.13.